The predicted molar refractivity (Wildman–Crippen MR) is 95.1 cm³/mol. The number of carbonyl (C=O) groups excluding carboxylic acids is 1. The van der Waals surface area contributed by atoms with Crippen molar-refractivity contribution in [2.24, 2.45) is 0 Å². The predicted octanol–water partition coefficient (Wildman–Crippen LogP) is 3.58. The fraction of sp³-hybridized carbons (Fsp3) is 0.632. The van der Waals surface area contributed by atoms with Crippen LogP contribution in [0.4, 0.5) is 10.5 Å². The topological polar surface area (TPSA) is 35.6 Å². The molecule has 2 aliphatic rings. The lowest BCUT2D eigenvalue weighted by atomic mass is 10.0. The second-order valence-corrected chi connectivity index (χ2v) is 7.35. The van der Waals surface area contributed by atoms with E-state index >= 15 is 0 Å². The molecule has 3 rings (SSSR count). The Kier molecular flexibility index (Phi) is 4.90. The molecule has 2 amide bonds. The molecule has 1 aliphatic carbocycles. The van der Waals surface area contributed by atoms with Crippen LogP contribution >= 0.6 is 0 Å². The van der Waals surface area contributed by atoms with Gasteiger partial charge in [0.1, 0.15) is 0 Å². The first-order chi connectivity index (χ1) is 11.1. The van der Waals surface area contributed by atoms with Gasteiger partial charge < -0.3 is 10.2 Å². The molecule has 0 aromatic heterocycles. The third kappa shape index (κ3) is 3.52. The molecule has 1 aromatic rings. The quantitative estimate of drug-likeness (QED) is 0.847. The zero-order valence-electron chi connectivity index (χ0n) is 14.6. The van der Waals surface area contributed by atoms with E-state index < -0.39 is 0 Å². The number of hydrogen-bond acceptors (Lipinski definition) is 2. The summed E-state index contributed by atoms with van der Waals surface area (Å²) in [5, 5.41) is 3.31. The van der Waals surface area contributed by atoms with Gasteiger partial charge in [-0.05, 0) is 45.0 Å². The first kappa shape index (κ1) is 16.3. The van der Waals surface area contributed by atoms with Crippen molar-refractivity contribution in [3.05, 3.63) is 29.8 Å². The smallest absolute Gasteiger partial charge is 0.322 e. The Morgan fingerprint density at radius 3 is 2.74 bits per heavy atom. The second-order valence-electron chi connectivity index (χ2n) is 7.35. The summed E-state index contributed by atoms with van der Waals surface area (Å²) >= 11 is 0. The summed E-state index contributed by atoms with van der Waals surface area (Å²) in [4.78, 5) is 17.0. The van der Waals surface area contributed by atoms with E-state index in [1.165, 1.54) is 24.8 Å². The van der Waals surface area contributed by atoms with Crippen molar-refractivity contribution in [3.63, 3.8) is 0 Å². The Morgan fingerprint density at radius 2 is 1.96 bits per heavy atom. The molecule has 4 nitrogen and oxygen atoms in total. The minimum Gasteiger partial charge on any atom is -0.335 e. The van der Waals surface area contributed by atoms with Gasteiger partial charge >= 0.3 is 6.03 Å². The first-order valence-electron chi connectivity index (χ1n) is 8.89. The average molecular weight is 315 g/mol. The molecule has 23 heavy (non-hydrogen) atoms. The molecular formula is C19H29N3O. The van der Waals surface area contributed by atoms with Gasteiger partial charge in [0, 0.05) is 30.2 Å². The number of anilines is 1. The second kappa shape index (κ2) is 6.91. The SMILES string of the molecule is CC1CN(C(=O)NC2CCCCC(N(C)C)C2)c2ccccc21. The summed E-state index contributed by atoms with van der Waals surface area (Å²) in [6, 6.07) is 9.23. The van der Waals surface area contributed by atoms with Gasteiger partial charge in [-0.1, -0.05) is 38.0 Å². The van der Waals surface area contributed by atoms with Gasteiger partial charge in [-0.15, -0.1) is 0 Å². The normalized spacial score (nSPS) is 27.7. The highest BCUT2D eigenvalue weighted by Crippen LogP contribution is 2.35. The lowest BCUT2D eigenvalue weighted by molar-refractivity contribution is 0.230. The lowest BCUT2D eigenvalue weighted by Crippen LogP contribution is -2.46. The fourth-order valence-corrected chi connectivity index (χ4v) is 4.00. The van der Waals surface area contributed by atoms with Gasteiger partial charge in [0.15, 0.2) is 0 Å². The third-order valence-corrected chi connectivity index (χ3v) is 5.41. The van der Waals surface area contributed by atoms with E-state index in [4.69, 9.17) is 0 Å². The van der Waals surface area contributed by atoms with Gasteiger partial charge in [0.25, 0.3) is 0 Å². The maximum atomic E-state index is 12.8. The van der Waals surface area contributed by atoms with Crippen LogP contribution in [-0.2, 0) is 0 Å². The van der Waals surface area contributed by atoms with E-state index in [0.29, 0.717) is 18.0 Å². The number of fused-ring (bicyclic) bond motifs is 1. The maximum Gasteiger partial charge on any atom is 0.322 e. The van der Waals surface area contributed by atoms with E-state index in [1.807, 2.05) is 11.0 Å². The van der Waals surface area contributed by atoms with Crippen LogP contribution in [0.15, 0.2) is 24.3 Å². The molecule has 0 spiro atoms. The number of nitrogens with zero attached hydrogens (tertiary/aromatic N) is 2. The molecule has 1 saturated carbocycles. The van der Waals surface area contributed by atoms with Gasteiger partial charge in [0.2, 0.25) is 0 Å². The molecule has 4 heteroatoms. The van der Waals surface area contributed by atoms with E-state index in [-0.39, 0.29) is 6.03 Å². The van der Waals surface area contributed by atoms with Crippen LogP contribution in [0, 0.1) is 0 Å². The summed E-state index contributed by atoms with van der Waals surface area (Å²) in [7, 11) is 4.29. The Bertz CT molecular complexity index is 557. The fourth-order valence-electron chi connectivity index (χ4n) is 4.00. The van der Waals surface area contributed by atoms with E-state index in [9.17, 15) is 4.79 Å². The summed E-state index contributed by atoms with van der Waals surface area (Å²) in [6.07, 6.45) is 5.87. The highest BCUT2D eigenvalue weighted by atomic mass is 16.2. The van der Waals surface area contributed by atoms with Crippen molar-refractivity contribution in [2.75, 3.05) is 25.5 Å². The molecule has 3 atom stereocenters. The molecule has 126 valence electrons. The number of nitrogens with one attached hydrogen (secondary N) is 1. The highest BCUT2D eigenvalue weighted by Gasteiger charge is 2.31. The Hall–Kier alpha value is -1.55. The summed E-state index contributed by atoms with van der Waals surface area (Å²) < 4.78 is 0. The molecule has 1 heterocycles. The number of carbonyl (C=O) groups is 1. The minimum atomic E-state index is 0.0752. The van der Waals surface area contributed by atoms with Crippen molar-refractivity contribution in [3.8, 4) is 0 Å². The van der Waals surface area contributed by atoms with Crippen molar-refractivity contribution in [1.29, 1.82) is 0 Å². The van der Waals surface area contributed by atoms with E-state index in [0.717, 1.165) is 25.1 Å². The number of hydrogen-bond donors (Lipinski definition) is 1. The Balaban J connectivity index is 1.67. The van der Waals surface area contributed by atoms with Crippen molar-refractivity contribution in [2.45, 2.75) is 57.0 Å². The van der Waals surface area contributed by atoms with Crippen molar-refractivity contribution >= 4 is 11.7 Å². The molecule has 0 radical (unpaired) electrons. The number of rotatable bonds is 2. The number of para-hydroxylation sites is 1. The van der Waals surface area contributed by atoms with Crippen LogP contribution in [0.2, 0.25) is 0 Å². The summed E-state index contributed by atoms with van der Waals surface area (Å²) in [6.45, 7) is 2.98. The zero-order valence-corrected chi connectivity index (χ0v) is 14.6. The molecule has 3 unspecified atom stereocenters. The van der Waals surface area contributed by atoms with Crippen LogP contribution in [0.3, 0.4) is 0 Å². The monoisotopic (exact) mass is 315 g/mol. The van der Waals surface area contributed by atoms with Crippen molar-refractivity contribution < 1.29 is 4.79 Å². The summed E-state index contributed by atoms with van der Waals surface area (Å²) in [5.41, 5.74) is 2.37. The van der Waals surface area contributed by atoms with E-state index in [1.54, 1.807) is 0 Å². The van der Waals surface area contributed by atoms with Gasteiger partial charge in [0.05, 0.1) is 0 Å². The van der Waals surface area contributed by atoms with Crippen LogP contribution < -0.4 is 10.2 Å². The number of amides is 2. The summed E-state index contributed by atoms with van der Waals surface area (Å²) in [5.74, 6) is 0.417. The Morgan fingerprint density at radius 1 is 1.22 bits per heavy atom. The standard InChI is InChI=1S/C19H29N3O/c1-14-13-22(18-11-7-6-10-17(14)18)19(23)20-15-8-4-5-9-16(12-15)21(2)3/h6-7,10-11,14-16H,4-5,8-9,12-13H2,1-3H3,(H,20,23). The lowest BCUT2D eigenvalue weighted by Gasteiger charge is -2.28. The third-order valence-electron chi connectivity index (χ3n) is 5.41. The molecule has 1 aromatic carbocycles. The molecule has 1 aliphatic heterocycles. The minimum absolute atomic E-state index is 0.0752. The molecule has 0 saturated heterocycles. The van der Waals surface area contributed by atoms with Crippen LogP contribution in [-0.4, -0.2) is 43.7 Å². The number of urea groups is 1. The van der Waals surface area contributed by atoms with Gasteiger partial charge in [-0.2, -0.15) is 0 Å². The van der Waals surface area contributed by atoms with Crippen LogP contribution in [0.1, 0.15) is 50.5 Å². The molecular weight excluding hydrogens is 286 g/mol. The zero-order chi connectivity index (χ0) is 16.4. The average Bonchev–Trinajstić information content (AvgIpc) is 2.71. The van der Waals surface area contributed by atoms with Crippen LogP contribution in [0.5, 0.6) is 0 Å². The maximum absolute atomic E-state index is 12.8. The molecule has 1 fully saturated rings. The highest BCUT2D eigenvalue weighted by molar-refractivity contribution is 5.94. The Labute approximate surface area is 139 Å². The molecule has 0 bridgehead atoms. The van der Waals surface area contributed by atoms with Gasteiger partial charge in [-0.25, -0.2) is 4.79 Å². The largest absolute Gasteiger partial charge is 0.335 e. The van der Waals surface area contributed by atoms with E-state index in [2.05, 4.69) is 49.4 Å². The van der Waals surface area contributed by atoms with Gasteiger partial charge in [-0.3, -0.25) is 4.90 Å². The first-order valence-corrected chi connectivity index (χ1v) is 8.89. The van der Waals surface area contributed by atoms with Crippen LogP contribution in [0.25, 0.3) is 0 Å². The van der Waals surface area contributed by atoms with Crippen molar-refractivity contribution in [1.82, 2.24) is 10.2 Å². The number of benzene rings is 1. The molecule has 1 N–H and O–H groups in total.